The molecular formula is C19H19FN4O. The van der Waals surface area contributed by atoms with Crippen molar-refractivity contribution in [3.05, 3.63) is 65.9 Å². The number of hydrogen-bond acceptors (Lipinski definition) is 3. The van der Waals surface area contributed by atoms with Crippen molar-refractivity contribution in [3.63, 3.8) is 0 Å². The fraction of sp³-hybridized carbons (Fsp3) is 0.316. The van der Waals surface area contributed by atoms with Crippen LogP contribution in [0.2, 0.25) is 0 Å². The van der Waals surface area contributed by atoms with Gasteiger partial charge in [-0.15, -0.1) is 10.2 Å². The number of nitrogens with one attached hydrogen (secondary N) is 1. The summed E-state index contributed by atoms with van der Waals surface area (Å²) < 4.78 is 15.5. The Bertz CT molecular complexity index is 914. The Morgan fingerprint density at radius 3 is 2.80 bits per heavy atom. The van der Waals surface area contributed by atoms with E-state index in [1.807, 2.05) is 34.9 Å². The van der Waals surface area contributed by atoms with Crippen molar-refractivity contribution in [1.82, 2.24) is 19.9 Å². The molecule has 3 aromatic rings. The Morgan fingerprint density at radius 1 is 1.16 bits per heavy atom. The van der Waals surface area contributed by atoms with Crippen molar-refractivity contribution in [2.75, 3.05) is 0 Å². The number of fused-ring (bicyclic) bond motifs is 1. The van der Waals surface area contributed by atoms with Crippen LogP contribution in [0.1, 0.15) is 37.1 Å². The van der Waals surface area contributed by atoms with E-state index in [2.05, 4.69) is 15.5 Å². The third-order valence-electron chi connectivity index (χ3n) is 5.06. The molecule has 6 heteroatoms. The van der Waals surface area contributed by atoms with Crippen molar-refractivity contribution in [1.29, 1.82) is 0 Å². The van der Waals surface area contributed by atoms with Crippen LogP contribution >= 0.6 is 0 Å². The lowest BCUT2D eigenvalue weighted by Gasteiger charge is -2.28. The molecule has 0 unspecified atom stereocenters. The van der Waals surface area contributed by atoms with Gasteiger partial charge in [-0.1, -0.05) is 31.0 Å². The maximum atomic E-state index is 13.7. The summed E-state index contributed by atoms with van der Waals surface area (Å²) in [6.45, 7) is 0.293. The second kappa shape index (κ2) is 6.27. The van der Waals surface area contributed by atoms with Gasteiger partial charge in [0.25, 0.3) is 0 Å². The van der Waals surface area contributed by atoms with E-state index in [4.69, 9.17) is 0 Å². The van der Waals surface area contributed by atoms with Gasteiger partial charge in [0.1, 0.15) is 5.82 Å². The molecule has 1 aliphatic rings. The molecule has 1 fully saturated rings. The molecule has 25 heavy (non-hydrogen) atoms. The molecular weight excluding hydrogens is 319 g/mol. The molecule has 1 saturated carbocycles. The Labute approximate surface area is 144 Å². The Balaban J connectivity index is 1.58. The highest BCUT2D eigenvalue weighted by Crippen LogP contribution is 2.41. The van der Waals surface area contributed by atoms with Crippen molar-refractivity contribution in [3.8, 4) is 0 Å². The molecule has 1 amide bonds. The number of benzene rings is 1. The number of carbonyl (C=O) groups is 1. The lowest BCUT2D eigenvalue weighted by atomic mass is 9.78. The van der Waals surface area contributed by atoms with Crippen LogP contribution in [0.4, 0.5) is 4.39 Å². The zero-order valence-corrected chi connectivity index (χ0v) is 13.8. The van der Waals surface area contributed by atoms with Crippen molar-refractivity contribution in [2.24, 2.45) is 0 Å². The fourth-order valence-corrected chi connectivity index (χ4v) is 3.75. The summed E-state index contributed by atoms with van der Waals surface area (Å²) in [5, 5.41) is 11.2. The highest BCUT2D eigenvalue weighted by atomic mass is 19.1. The predicted octanol–water partition coefficient (Wildman–Crippen LogP) is 3.00. The molecule has 0 atom stereocenters. The first-order chi connectivity index (χ1) is 12.2. The summed E-state index contributed by atoms with van der Waals surface area (Å²) in [5.41, 5.74) is 0.851. The summed E-state index contributed by atoms with van der Waals surface area (Å²) in [6.07, 6.45) is 5.29. The van der Waals surface area contributed by atoms with Gasteiger partial charge in [-0.05, 0) is 42.7 Å². The molecule has 0 aliphatic heterocycles. The van der Waals surface area contributed by atoms with Gasteiger partial charge in [-0.3, -0.25) is 9.20 Å². The normalized spacial score (nSPS) is 16.2. The van der Waals surface area contributed by atoms with E-state index in [1.54, 1.807) is 6.07 Å². The molecule has 0 radical (unpaired) electrons. The fourth-order valence-electron chi connectivity index (χ4n) is 3.75. The number of carbonyl (C=O) groups excluding carboxylic acids is 1. The first kappa shape index (κ1) is 15.7. The van der Waals surface area contributed by atoms with Crippen LogP contribution in [0, 0.1) is 5.82 Å². The van der Waals surface area contributed by atoms with Gasteiger partial charge < -0.3 is 5.32 Å². The predicted molar refractivity (Wildman–Crippen MR) is 91.4 cm³/mol. The average molecular weight is 338 g/mol. The second-order valence-corrected chi connectivity index (χ2v) is 6.53. The zero-order chi connectivity index (χ0) is 17.3. The first-order valence-electron chi connectivity index (χ1n) is 8.52. The molecule has 1 N–H and O–H groups in total. The third kappa shape index (κ3) is 2.77. The highest BCUT2D eigenvalue weighted by molar-refractivity contribution is 5.88. The molecule has 0 spiro atoms. The molecule has 128 valence electrons. The number of pyridine rings is 1. The van der Waals surface area contributed by atoms with Gasteiger partial charge in [0.2, 0.25) is 5.91 Å². The third-order valence-corrected chi connectivity index (χ3v) is 5.06. The quantitative estimate of drug-likeness (QED) is 0.795. The molecule has 2 aromatic heterocycles. The minimum absolute atomic E-state index is 0.0664. The number of hydrogen-bond donors (Lipinski definition) is 1. The van der Waals surface area contributed by atoms with E-state index in [0.717, 1.165) is 36.9 Å². The summed E-state index contributed by atoms with van der Waals surface area (Å²) >= 11 is 0. The van der Waals surface area contributed by atoms with Crippen molar-refractivity contribution >= 4 is 11.6 Å². The van der Waals surface area contributed by atoms with Gasteiger partial charge >= 0.3 is 0 Å². The first-order valence-corrected chi connectivity index (χ1v) is 8.52. The summed E-state index contributed by atoms with van der Waals surface area (Å²) in [4.78, 5) is 13.0. The topological polar surface area (TPSA) is 59.3 Å². The maximum Gasteiger partial charge on any atom is 0.231 e. The lowest BCUT2D eigenvalue weighted by molar-refractivity contribution is -0.126. The minimum atomic E-state index is -0.650. The van der Waals surface area contributed by atoms with Gasteiger partial charge in [0, 0.05) is 6.20 Å². The van der Waals surface area contributed by atoms with E-state index in [1.165, 1.54) is 12.1 Å². The molecule has 0 saturated heterocycles. The number of rotatable bonds is 4. The molecule has 4 rings (SSSR count). The summed E-state index contributed by atoms with van der Waals surface area (Å²) in [6, 6.07) is 12.1. The van der Waals surface area contributed by atoms with E-state index >= 15 is 0 Å². The van der Waals surface area contributed by atoms with Crippen molar-refractivity contribution < 1.29 is 9.18 Å². The van der Waals surface area contributed by atoms with Crippen molar-refractivity contribution in [2.45, 2.75) is 37.6 Å². The molecule has 1 aliphatic carbocycles. The number of amides is 1. The van der Waals surface area contributed by atoms with Gasteiger partial charge in [-0.25, -0.2) is 4.39 Å². The van der Waals surface area contributed by atoms with Crippen LogP contribution in [0.25, 0.3) is 5.65 Å². The van der Waals surface area contributed by atoms with Crippen LogP contribution < -0.4 is 5.32 Å². The molecule has 0 bridgehead atoms. The minimum Gasteiger partial charge on any atom is -0.348 e. The van der Waals surface area contributed by atoms with Crippen LogP contribution in [-0.2, 0) is 16.8 Å². The van der Waals surface area contributed by atoms with E-state index in [0.29, 0.717) is 12.4 Å². The summed E-state index contributed by atoms with van der Waals surface area (Å²) in [7, 11) is 0. The van der Waals surface area contributed by atoms with Gasteiger partial charge in [-0.2, -0.15) is 0 Å². The SMILES string of the molecule is O=C(NCc1nnc2ccccn12)C1(c2cccc(F)c2)CCCC1. The monoisotopic (exact) mass is 338 g/mol. The Morgan fingerprint density at radius 2 is 2.00 bits per heavy atom. The molecule has 1 aromatic carbocycles. The van der Waals surface area contributed by atoms with Gasteiger partial charge in [0.15, 0.2) is 11.5 Å². The van der Waals surface area contributed by atoms with Crippen LogP contribution in [0.15, 0.2) is 48.7 Å². The largest absolute Gasteiger partial charge is 0.348 e. The molecule has 2 heterocycles. The molecule has 5 nitrogen and oxygen atoms in total. The van der Waals surface area contributed by atoms with Crippen LogP contribution in [0.3, 0.4) is 0 Å². The standard InChI is InChI=1S/C19H19FN4O/c20-15-7-5-6-14(12-15)19(9-2-3-10-19)18(25)21-13-17-23-22-16-8-1-4-11-24(16)17/h1,4-8,11-12H,2-3,9-10,13H2,(H,21,25). The Kier molecular flexibility index (Phi) is 3.95. The van der Waals surface area contributed by atoms with E-state index in [9.17, 15) is 9.18 Å². The van der Waals surface area contributed by atoms with Gasteiger partial charge in [0.05, 0.1) is 12.0 Å². The average Bonchev–Trinajstić information content (AvgIpc) is 3.28. The second-order valence-electron chi connectivity index (χ2n) is 6.53. The van der Waals surface area contributed by atoms with Crippen LogP contribution in [-0.4, -0.2) is 20.5 Å². The van der Waals surface area contributed by atoms with Crippen LogP contribution in [0.5, 0.6) is 0 Å². The number of nitrogens with zero attached hydrogens (tertiary/aromatic N) is 3. The lowest BCUT2D eigenvalue weighted by Crippen LogP contribution is -2.42. The maximum absolute atomic E-state index is 13.7. The van der Waals surface area contributed by atoms with E-state index < -0.39 is 5.41 Å². The zero-order valence-electron chi connectivity index (χ0n) is 13.8. The number of halogens is 1. The highest BCUT2D eigenvalue weighted by Gasteiger charge is 2.42. The Hall–Kier alpha value is -2.76. The number of aromatic nitrogens is 3. The van der Waals surface area contributed by atoms with E-state index in [-0.39, 0.29) is 11.7 Å². The smallest absolute Gasteiger partial charge is 0.231 e. The summed E-state index contributed by atoms with van der Waals surface area (Å²) in [5.74, 6) is 0.305.